The third-order valence-corrected chi connectivity index (χ3v) is 5.80. The number of benzene rings is 1. The molecule has 2 aliphatic rings. The second-order valence-electron chi connectivity index (χ2n) is 6.83. The van der Waals surface area contributed by atoms with E-state index in [0.717, 1.165) is 25.0 Å². The Hall–Kier alpha value is -2.41. The van der Waals surface area contributed by atoms with Crippen LogP contribution in [0.2, 0.25) is 0 Å². The van der Waals surface area contributed by atoms with E-state index in [9.17, 15) is 9.59 Å². The Morgan fingerprint density at radius 2 is 2.23 bits per heavy atom. The van der Waals surface area contributed by atoms with Crippen molar-refractivity contribution in [2.24, 2.45) is 5.92 Å². The van der Waals surface area contributed by atoms with Crippen LogP contribution in [0.3, 0.4) is 0 Å². The minimum absolute atomic E-state index is 0.0418. The molecule has 1 aromatic carbocycles. The Morgan fingerprint density at radius 3 is 3.12 bits per heavy atom. The Labute approximate surface area is 156 Å². The van der Waals surface area contributed by atoms with Crippen LogP contribution in [0, 0.1) is 5.92 Å². The van der Waals surface area contributed by atoms with E-state index in [0.29, 0.717) is 29.1 Å². The summed E-state index contributed by atoms with van der Waals surface area (Å²) in [6.45, 7) is 2.52. The molecule has 0 unspecified atom stereocenters. The first-order valence-electron chi connectivity index (χ1n) is 8.91. The number of aromatic nitrogens is 1. The maximum absolute atomic E-state index is 12.5. The van der Waals surface area contributed by atoms with Crippen molar-refractivity contribution < 1.29 is 14.3 Å². The SMILES string of the molecule is C[C@@H]1CCc2nc(NC(=O)CN3C(=O)CCOc4ccccc43)sc2C1. The molecule has 0 spiro atoms. The van der Waals surface area contributed by atoms with Crippen molar-refractivity contribution in [1.82, 2.24) is 4.98 Å². The zero-order valence-electron chi connectivity index (χ0n) is 14.7. The topological polar surface area (TPSA) is 71.5 Å². The second kappa shape index (κ2) is 7.07. The van der Waals surface area contributed by atoms with Crippen molar-refractivity contribution in [3.63, 3.8) is 0 Å². The molecule has 2 heterocycles. The summed E-state index contributed by atoms with van der Waals surface area (Å²) in [6.07, 6.45) is 3.39. The minimum Gasteiger partial charge on any atom is -0.491 e. The molecule has 1 aromatic heterocycles. The van der Waals surface area contributed by atoms with Gasteiger partial charge in [-0.3, -0.25) is 14.5 Å². The number of carbonyl (C=O) groups excluding carboxylic acids is 2. The molecule has 7 heteroatoms. The zero-order valence-corrected chi connectivity index (χ0v) is 15.5. The number of hydrogen-bond acceptors (Lipinski definition) is 5. The highest BCUT2D eigenvalue weighted by molar-refractivity contribution is 7.15. The normalized spacial score (nSPS) is 19.2. The molecule has 1 N–H and O–H groups in total. The van der Waals surface area contributed by atoms with Crippen LogP contribution in [0.4, 0.5) is 10.8 Å². The number of amides is 2. The molecule has 2 aromatic rings. The summed E-state index contributed by atoms with van der Waals surface area (Å²) in [5.41, 5.74) is 1.74. The van der Waals surface area contributed by atoms with Crippen LogP contribution in [0.1, 0.15) is 30.3 Å². The van der Waals surface area contributed by atoms with E-state index in [1.807, 2.05) is 18.2 Å². The third-order valence-electron chi connectivity index (χ3n) is 4.76. The van der Waals surface area contributed by atoms with Gasteiger partial charge < -0.3 is 10.1 Å². The molecule has 26 heavy (non-hydrogen) atoms. The first-order chi connectivity index (χ1) is 12.6. The monoisotopic (exact) mass is 371 g/mol. The number of rotatable bonds is 3. The second-order valence-corrected chi connectivity index (χ2v) is 7.91. The Morgan fingerprint density at radius 1 is 1.38 bits per heavy atom. The first-order valence-corrected chi connectivity index (χ1v) is 9.72. The van der Waals surface area contributed by atoms with E-state index >= 15 is 0 Å². The van der Waals surface area contributed by atoms with E-state index in [2.05, 4.69) is 17.2 Å². The maximum Gasteiger partial charge on any atom is 0.246 e. The summed E-state index contributed by atoms with van der Waals surface area (Å²) < 4.78 is 5.61. The molecular formula is C19H21N3O3S. The number of nitrogens with one attached hydrogen (secondary N) is 1. The van der Waals surface area contributed by atoms with Crippen molar-refractivity contribution in [2.45, 2.75) is 32.6 Å². The molecule has 0 saturated heterocycles. The van der Waals surface area contributed by atoms with E-state index in [1.54, 1.807) is 17.4 Å². The number of carbonyl (C=O) groups is 2. The number of para-hydroxylation sites is 2. The lowest BCUT2D eigenvalue weighted by atomic mass is 9.93. The largest absolute Gasteiger partial charge is 0.491 e. The van der Waals surface area contributed by atoms with Crippen molar-refractivity contribution in [3.8, 4) is 5.75 Å². The van der Waals surface area contributed by atoms with Crippen LogP contribution in [-0.2, 0) is 22.4 Å². The Balaban J connectivity index is 1.49. The molecule has 1 aliphatic carbocycles. The van der Waals surface area contributed by atoms with E-state index in [1.165, 1.54) is 9.78 Å². The van der Waals surface area contributed by atoms with E-state index in [4.69, 9.17) is 4.74 Å². The predicted molar refractivity (Wildman–Crippen MR) is 101 cm³/mol. The van der Waals surface area contributed by atoms with Gasteiger partial charge in [0.25, 0.3) is 0 Å². The van der Waals surface area contributed by atoms with Crippen LogP contribution >= 0.6 is 11.3 Å². The highest BCUT2D eigenvalue weighted by Crippen LogP contribution is 2.33. The quantitative estimate of drug-likeness (QED) is 0.900. The van der Waals surface area contributed by atoms with Gasteiger partial charge >= 0.3 is 0 Å². The molecule has 136 valence electrons. The lowest BCUT2D eigenvalue weighted by Crippen LogP contribution is -2.37. The average molecular weight is 371 g/mol. The molecular weight excluding hydrogens is 350 g/mol. The molecule has 1 aliphatic heterocycles. The molecule has 0 saturated carbocycles. The molecule has 0 bridgehead atoms. The summed E-state index contributed by atoms with van der Waals surface area (Å²) in [7, 11) is 0. The van der Waals surface area contributed by atoms with Gasteiger partial charge in [-0.05, 0) is 37.3 Å². The van der Waals surface area contributed by atoms with Crippen LogP contribution in [0.5, 0.6) is 5.75 Å². The summed E-state index contributed by atoms with van der Waals surface area (Å²) in [4.78, 5) is 32.3. The van der Waals surface area contributed by atoms with Gasteiger partial charge in [-0.2, -0.15) is 0 Å². The van der Waals surface area contributed by atoms with Gasteiger partial charge in [0.2, 0.25) is 11.8 Å². The van der Waals surface area contributed by atoms with Crippen molar-refractivity contribution in [2.75, 3.05) is 23.4 Å². The number of thiazole rings is 1. The highest BCUT2D eigenvalue weighted by atomic mass is 32.1. The third kappa shape index (κ3) is 3.44. The number of hydrogen-bond donors (Lipinski definition) is 1. The summed E-state index contributed by atoms with van der Waals surface area (Å²) >= 11 is 1.55. The molecule has 1 atom stereocenters. The Bertz CT molecular complexity index is 848. The lowest BCUT2D eigenvalue weighted by molar-refractivity contribution is -0.121. The zero-order chi connectivity index (χ0) is 18.1. The van der Waals surface area contributed by atoms with Crippen LogP contribution in [-0.4, -0.2) is 29.9 Å². The smallest absolute Gasteiger partial charge is 0.246 e. The summed E-state index contributed by atoms with van der Waals surface area (Å²) in [6, 6.07) is 7.31. The van der Waals surface area contributed by atoms with Crippen LogP contribution < -0.4 is 15.0 Å². The van der Waals surface area contributed by atoms with Gasteiger partial charge in [-0.15, -0.1) is 11.3 Å². The fraction of sp³-hybridized carbons (Fsp3) is 0.421. The summed E-state index contributed by atoms with van der Waals surface area (Å²) in [5, 5.41) is 3.49. The van der Waals surface area contributed by atoms with Crippen molar-refractivity contribution >= 4 is 34.0 Å². The number of anilines is 2. The average Bonchev–Trinajstić information content (AvgIpc) is 2.93. The van der Waals surface area contributed by atoms with Gasteiger partial charge in [0.1, 0.15) is 12.3 Å². The number of aryl methyl sites for hydroxylation is 1. The summed E-state index contributed by atoms with van der Waals surface area (Å²) in [5.74, 6) is 0.939. The van der Waals surface area contributed by atoms with Gasteiger partial charge in [0.05, 0.1) is 24.4 Å². The Kier molecular flexibility index (Phi) is 4.63. The molecule has 0 radical (unpaired) electrons. The van der Waals surface area contributed by atoms with E-state index in [-0.39, 0.29) is 24.8 Å². The fourth-order valence-electron chi connectivity index (χ4n) is 3.39. The highest BCUT2D eigenvalue weighted by Gasteiger charge is 2.26. The number of nitrogens with zero attached hydrogens (tertiary/aromatic N) is 2. The molecule has 4 rings (SSSR count). The van der Waals surface area contributed by atoms with Gasteiger partial charge in [0.15, 0.2) is 5.13 Å². The van der Waals surface area contributed by atoms with Gasteiger partial charge in [0, 0.05) is 4.88 Å². The van der Waals surface area contributed by atoms with Crippen molar-refractivity contribution in [3.05, 3.63) is 34.8 Å². The maximum atomic E-state index is 12.5. The predicted octanol–water partition coefficient (Wildman–Crippen LogP) is 3.02. The fourth-order valence-corrected chi connectivity index (χ4v) is 4.58. The van der Waals surface area contributed by atoms with Crippen LogP contribution in [0.15, 0.2) is 24.3 Å². The molecule has 6 nitrogen and oxygen atoms in total. The number of fused-ring (bicyclic) bond motifs is 2. The minimum atomic E-state index is -0.241. The first kappa shape index (κ1) is 17.0. The molecule has 0 fully saturated rings. The standard InChI is InChI=1S/C19H21N3O3S/c1-12-6-7-13-16(10-12)26-19(20-13)21-17(23)11-22-14-4-2-3-5-15(14)25-9-8-18(22)24/h2-5,12H,6-11H2,1H3,(H,20,21,23)/t12-/m1/s1. The van der Waals surface area contributed by atoms with Gasteiger partial charge in [-0.25, -0.2) is 4.98 Å². The molecule has 2 amide bonds. The van der Waals surface area contributed by atoms with Crippen LogP contribution in [0.25, 0.3) is 0 Å². The number of ether oxygens (including phenoxy) is 1. The van der Waals surface area contributed by atoms with E-state index < -0.39 is 0 Å². The lowest BCUT2D eigenvalue weighted by Gasteiger charge is -2.20. The van der Waals surface area contributed by atoms with Crippen molar-refractivity contribution in [1.29, 1.82) is 0 Å². The van der Waals surface area contributed by atoms with Gasteiger partial charge in [-0.1, -0.05) is 19.1 Å².